The average Bonchev–Trinajstić information content (AvgIpc) is 2.58. The molecule has 0 atom stereocenters. The molecule has 0 aliphatic carbocycles. The van der Waals surface area contributed by atoms with E-state index in [4.69, 9.17) is 0 Å². The Balaban J connectivity index is 0.00000156. The third-order valence-electron chi connectivity index (χ3n) is 4.29. The van der Waals surface area contributed by atoms with Gasteiger partial charge in [-0.3, -0.25) is 4.98 Å². The van der Waals surface area contributed by atoms with Crippen molar-refractivity contribution in [2.24, 2.45) is 0 Å². The van der Waals surface area contributed by atoms with Gasteiger partial charge in [0, 0.05) is 17.3 Å². The molecule has 4 rings (SSSR count). The summed E-state index contributed by atoms with van der Waals surface area (Å²) in [7, 11) is 0. The molecule has 114 valence electrons. The van der Waals surface area contributed by atoms with Crippen LogP contribution in [0.5, 0.6) is 0 Å². The van der Waals surface area contributed by atoms with Gasteiger partial charge < -0.3 is 0 Å². The molecule has 23 heavy (non-hydrogen) atoms. The van der Waals surface area contributed by atoms with Crippen LogP contribution in [0.1, 0.15) is 16.8 Å². The monoisotopic (exact) mass is 319 g/mol. The molecule has 0 N–H and O–H groups in total. The normalized spacial score (nSPS) is 10.7. The van der Waals surface area contributed by atoms with Crippen LogP contribution >= 0.6 is 12.4 Å². The Morgan fingerprint density at radius 1 is 0.783 bits per heavy atom. The number of aryl methyl sites for hydroxylation is 1. The molecule has 0 saturated heterocycles. The second-order valence-corrected chi connectivity index (χ2v) is 5.77. The number of hydrogen-bond donors (Lipinski definition) is 0. The van der Waals surface area contributed by atoms with Gasteiger partial charge in [-0.25, -0.2) is 0 Å². The van der Waals surface area contributed by atoms with Crippen LogP contribution in [0.4, 0.5) is 0 Å². The van der Waals surface area contributed by atoms with E-state index in [1.54, 1.807) is 0 Å². The lowest BCUT2D eigenvalue weighted by Gasteiger charge is -2.09. The number of benzene rings is 3. The molecule has 2 heteroatoms. The van der Waals surface area contributed by atoms with Crippen molar-refractivity contribution in [2.75, 3.05) is 0 Å². The summed E-state index contributed by atoms with van der Waals surface area (Å²) in [6, 6.07) is 23.7. The van der Waals surface area contributed by atoms with Gasteiger partial charge in [-0.1, -0.05) is 66.7 Å². The number of hydrogen-bond acceptors (Lipinski definition) is 1. The van der Waals surface area contributed by atoms with Crippen LogP contribution in [0.3, 0.4) is 0 Å². The lowest BCUT2D eigenvalue weighted by atomic mass is 9.98. The second-order valence-electron chi connectivity index (χ2n) is 5.77. The smallest absolute Gasteiger partial charge is 0.0451 e. The molecule has 3 aromatic carbocycles. The zero-order valence-electron chi connectivity index (χ0n) is 13.0. The van der Waals surface area contributed by atoms with Gasteiger partial charge in [0.2, 0.25) is 0 Å². The van der Waals surface area contributed by atoms with Crippen LogP contribution in [0.2, 0.25) is 0 Å². The van der Waals surface area contributed by atoms with E-state index in [0.717, 1.165) is 12.1 Å². The van der Waals surface area contributed by atoms with Crippen LogP contribution in [-0.4, -0.2) is 4.98 Å². The Bertz CT molecular complexity index is 975. The Morgan fingerprint density at radius 2 is 1.48 bits per heavy atom. The predicted octanol–water partition coefficient (Wildman–Crippen LogP) is 5.71. The fraction of sp³-hybridized carbons (Fsp3) is 0.0952. The first-order valence-corrected chi connectivity index (χ1v) is 7.62. The average molecular weight is 320 g/mol. The van der Waals surface area contributed by atoms with E-state index < -0.39 is 0 Å². The third-order valence-corrected chi connectivity index (χ3v) is 4.29. The van der Waals surface area contributed by atoms with E-state index in [1.165, 1.54) is 32.7 Å². The first-order chi connectivity index (χ1) is 10.8. The first kappa shape index (κ1) is 15.5. The zero-order chi connectivity index (χ0) is 14.9. The lowest BCUT2D eigenvalue weighted by Crippen LogP contribution is -1.94. The maximum absolute atomic E-state index is 4.57. The Hall–Kier alpha value is -2.38. The largest absolute Gasteiger partial charge is 0.261 e. The number of pyridine rings is 1. The fourth-order valence-corrected chi connectivity index (χ4v) is 3.10. The minimum Gasteiger partial charge on any atom is -0.261 e. The number of halogens is 1. The number of nitrogens with zero attached hydrogens (tertiary/aromatic N) is 1. The van der Waals surface area contributed by atoms with Crippen LogP contribution < -0.4 is 0 Å². The summed E-state index contributed by atoms with van der Waals surface area (Å²) in [5, 5.41) is 5.14. The van der Waals surface area contributed by atoms with Crippen molar-refractivity contribution in [3.05, 3.63) is 89.7 Å². The van der Waals surface area contributed by atoms with Gasteiger partial charge in [-0.15, -0.1) is 12.4 Å². The predicted molar refractivity (Wildman–Crippen MR) is 100 cm³/mol. The Labute approximate surface area is 142 Å². The highest BCUT2D eigenvalue weighted by Crippen LogP contribution is 2.24. The van der Waals surface area contributed by atoms with Crippen molar-refractivity contribution >= 4 is 34.0 Å². The molecule has 0 amide bonds. The minimum atomic E-state index is 0. The summed E-state index contributed by atoms with van der Waals surface area (Å²) in [4.78, 5) is 4.57. The van der Waals surface area contributed by atoms with Crippen molar-refractivity contribution in [3.63, 3.8) is 0 Å². The second kappa shape index (κ2) is 6.39. The SMILES string of the molecule is Cc1ncc(Cc2ccc3ccccc3c2)c2ccccc12.Cl. The molecule has 0 bridgehead atoms. The quantitative estimate of drug-likeness (QED) is 0.461. The van der Waals surface area contributed by atoms with Crippen molar-refractivity contribution in [1.29, 1.82) is 0 Å². The molecule has 0 aliphatic rings. The maximum Gasteiger partial charge on any atom is 0.0451 e. The van der Waals surface area contributed by atoms with Crippen LogP contribution in [-0.2, 0) is 6.42 Å². The van der Waals surface area contributed by atoms with Crippen LogP contribution in [0, 0.1) is 6.92 Å². The highest BCUT2D eigenvalue weighted by molar-refractivity contribution is 5.88. The summed E-state index contributed by atoms with van der Waals surface area (Å²) < 4.78 is 0. The molecule has 0 unspecified atom stereocenters. The summed E-state index contributed by atoms with van der Waals surface area (Å²) in [6.07, 6.45) is 2.94. The number of fused-ring (bicyclic) bond motifs is 2. The molecule has 0 spiro atoms. The van der Waals surface area contributed by atoms with Crippen LogP contribution in [0.15, 0.2) is 72.9 Å². The molecular weight excluding hydrogens is 302 g/mol. The molecule has 0 aliphatic heterocycles. The highest BCUT2D eigenvalue weighted by Gasteiger charge is 2.06. The molecular formula is C21H18ClN. The van der Waals surface area contributed by atoms with E-state index in [1.807, 2.05) is 6.20 Å². The summed E-state index contributed by atoms with van der Waals surface area (Å²) in [6.45, 7) is 2.07. The highest BCUT2D eigenvalue weighted by atomic mass is 35.5. The van der Waals surface area contributed by atoms with E-state index in [2.05, 4.69) is 78.6 Å². The minimum absolute atomic E-state index is 0. The van der Waals surface area contributed by atoms with Gasteiger partial charge in [0.1, 0.15) is 0 Å². The molecule has 1 heterocycles. The van der Waals surface area contributed by atoms with Crippen molar-refractivity contribution in [2.45, 2.75) is 13.3 Å². The van der Waals surface area contributed by atoms with Crippen LogP contribution in [0.25, 0.3) is 21.5 Å². The summed E-state index contributed by atoms with van der Waals surface area (Å²) >= 11 is 0. The maximum atomic E-state index is 4.57. The summed E-state index contributed by atoms with van der Waals surface area (Å²) in [5.41, 5.74) is 3.71. The van der Waals surface area contributed by atoms with Gasteiger partial charge in [0.25, 0.3) is 0 Å². The van der Waals surface area contributed by atoms with Gasteiger partial charge >= 0.3 is 0 Å². The topological polar surface area (TPSA) is 12.9 Å². The van der Waals surface area contributed by atoms with Gasteiger partial charge in [-0.05, 0) is 40.6 Å². The van der Waals surface area contributed by atoms with E-state index in [0.29, 0.717) is 0 Å². The van der Waals surface area contributed by atoms with E-state index >= 15 is 0 Å². The van der Waals surface area contributed by atoms with Gasteiger partial charge in [0.05, 0.1) is 0 Å². The van der Waals surface area contributed by atoms with Crippen molar-refractivity contribution in [3.8, 4) is 0 Å². The molecule has 0 radical (unpaired) electrons. The fourth-order valence-electron chi connectivity index (χ4n) is 3.10. The third kappa shape index (κ3) is 2.93. The molecule has 0 saturated carbocycles. The first-order valence-electron chi connectivity index (χ1n) is 7.62. The van der Waals surface area contributed by atoms with Gasteiger partial charge in [0.15, 0.2) is 0 Å². The Morgan fingerprint density at radius 3 is 2.30 bits per heavy atom. The molecule has 0 fully saturated rings. The Kier molecular flexibility index (Phi) is 4.31. The molecule has 4 aromatic rings. The van der Waals surface area contributed by atoms with Gasteiger partial charge in [-0.2, -0.15) is 0 Å². The lowest BCUT2D eigenvalue weighted by molar-refractivity contribution is 1.14. The summed E-state index contributed by atoms with van der Waals surface area (Å²) in [5.74, 6) is 0. The van der Waals surface area contributed by atoms with Crippen molar-refractivity contribution in [1.82, 2.24) is 4.98 Å². The number of rotatable bonds is 2. The molecule has 1 nitrogen and oxygen atoms in total. The zero-order valence-corrected chi connectivity index (χ0v) is 13.8. The number of aromatic nitrogens is 1. The molecule has 1 aromatic heterocycles. The van der Waals surface area contributed by atoms with Crippen molar-refractivity contribution < 1.29 is 0 Å². The standard InChI is InChI=1S/C21H17N.ClH/c1-15-20-8-4-5-9-21(20)19(14-22-15)13-16-10-11-17-6-2-3-7-18(17)12-16;/h2-12,14H,13H2,1H3;1H. The van der Waals surface area contributed by atoms with E-state index in [9.17, 15) is 0 Å². The van der Waals surface area contributed by atoms with E-state index in [-0.39, 0.29) is 12.4 Å².